The van der Waals surface area contributed by atoms with Crippen molar-refractivity contribution in [3.05, 3.63) is 96.6 Å². The predicted molar refractivity (Wildman–Crippen MR) is 94.7 cm³/mol. The molecule has 0 nitrogen and oxygen atoms in total. The van der Waals surface area contributed by atoms with Gasteiger partial charge in [-0.1, -0.05) is 60.7 Å². The summed E-state index contributed by atoms with van der Waals surface area (Å²) in [6, 6.07) is 25.2. The standard InChI is InChI=1S/C22H14F2/c23-18-11-7-15(8-12-18)20-5-1-3-17-4-2-6-21(22(17)20)16-9-13-19(24)14-10-16/h1-14H. The summed E-state index contributed by atoms with van der Waals surface area (Å²) in [5.41, 5.74) is 3.98. The van der Waals surface area contributed by atoms with Gasteiger partial charge >= 0.3 is 0 Å². The Morgan fingerprint density at radius 3 is 1.29 bits per heavy atom. The number of fused-ring (bicyclic) bond motifs is 1. The fourth-order valence-corrected chi connectivity index (χ4v) is 3.08. The monoisotopic (exact) mass is 316 g/mol. The largest absolute Gasteiger partial charge is 0.207 e. The lowest BCUT2D eigenvalue weighted by Crippen LogP contribution is -1.87. The van der Waals surface area contributed by atoms with E-state index in [1.165, 1.54) is 24.3 Å². The second kappa shape index (κ2) is 5.89. The molecule has 0 aliphatic rings. The highest BCUT2D eigenvalue weighted by molar-refractivity contribution is 6.06. The second-order valence-electron chi connectivity index (χ2n) is 5.72. The Morgan fingerprint density at radius 2 is 0.875 bits per heavy atom. The first kappa shape index (κ1) is 14.6. The molecule has 0 saturated carbocycles. The fourth-order valence-electron chi connectivity index (χ4n) is 3.08. The van der Waals surface area contributed by atoms with Crippen molar-refractivity contribution in [2.45, 2.75) is 0 Å². The molecule has 4 aromatic carbocycles. The van der Waals surface area contributed by atoms with Gasteiger partial charge in [-0.2, -0.15) is 0 Å². The molecule has 0 saturated heterocycles. The zero-order chi connectivity index (χ0) is 16.5. The van der Waals surface area contributed by atoms with Gasteiger partial charge in [-0.3, -0.25) is 0 Å². The van der Waals surface area contributed by atoms with Crippen LogP contribution in [0.5, 0.6) is 0 Å². The Kier molecular flexibility index (Phi) is 3.58. The molecule has 0 heterocycles. The van der Waals surface area contributed by atoms with Gasteiger partial charge in [-0.05, 0) is 57.3 Å². The lowest BCUT2D eigenvalue weighted by atomic mass is 9.91. The third kappa shape index (κ3) is 2.56. The van der Waals surface area contributed by atoms with Crippen LogP contribution in [0, 0.1) is 11.6 Å². The molecule has 4 aromatic rings. The van der Waals surface area contributed by atoms with Crippen molar-refractivity contribution in [3.8, 4) is 22.3 Å². The van der Waals surface area contributed by atoms with E-state index in [2.05, 4.69) is 12.1 Å². The highest BCUT2D eigenvalue weighted by Crippen LogP contribution is 2.36. The Labute approximate surface area is 139 Å². The minimum absolute atomic E-state index is 0.252. The Bertz CT molecular complexity index is 920. The highest BCUT2D eigenvalue weighted by atomic mass is 19.1. The lowest BCUT2D eigenvalue weighted by molar-refractivity contribution is 0.627. The summed E-state index contributed by atoms with van der Waals surface area (Å²) in [7, 11) is 0. The third-order valence-electron chi connectivity index (χ3n) is 4.22. The normalized spacial score (nSPS) is 10.9. The van der Waals surface area contributed by atoms with E-state index >= 15 is 0 Å². The molecule has 0 radical (unpaired) electrons. The quantitative estimate of drug-likeness (QED) is 0.398. The number of hydrogen-bond acceptors (Lipinski definition) is 0. The molecule has 24 heavy (non-hydrogen) atoms. The van der Waals surface area contributed by atoms with Crippen LogP contribution in [0.3, 0.4) is 0 Å². The first-order chi connectivity index (χ1) is 11.7. The van der Waals surface area contributed by atoms with E-state index in [9.17, 15) is 8.78 Å². The Balaban J connectivity index is 2.01. The molecule has 4 rings (SSSR count). The van der Waals surface area contributed by atoms with Crippen molar-refractivity contribution in [2.75, 3.05) is 0 Å². The van der Waals surface area contributed by atoms with Gasteiger partial charge in [0.2, 0.25) is 0 Å². The van der Waals surface area contributed by atoms with Crippen molar-refractivity contribution >= 4 is 10.8 Å². The average Bonchev–Trinajstić information content (AvgIpc) is 2.62. The van der Waals surface area contributed by atoms with E-state index in [4.69, 9.17) is 0 Å². The summed E-state index contributed by atoms with van der Waals surface area (Å²) < 4.78 is 26.5. The molecule has 0 amide bonds. The number of benzene rings is 4. The molecule has 0 unspecified atom stereocenters. The highest BCUT2D eigenvalue weighted by Gasteiger charge is 2.10. The molecule has 0 aliphatic carbocycles. The molecule has 0 spiro atoms. The SMILES string of the molecule is Fc1ccc(-c2cccc3cccc(-c4ccc(F)cc4)c23)cc1. The second-order valence-corrected chi connectivity index (χ2v) is 5.72. The minimum atomic E-state index is -0.252. The summed E-state index contributed by atoms with van der Waals surface area (Å²) in [5.74, 6) is -0.504. The summed E-state index contributed by atoms with van der Waals surface area (Å²) in [5, 5.41) is 2.18. The van der Waals surface area contributed by atoms with Crippen LogP contribution < -0.4 is 0 Å². The molecule has 0 aromatic heterocycles. The Hall–Kier alpha value is -3.00. The smallest absolute Gasteiger partial charge is 0.123 e. The van der Waals surface area contributed by atoms with Gasteiger partial charge in [0.1, 0.15) is 11.6 Å². The Morgan fingerprint density at radius 1 is 0.458 bits per heavy atom. The maximum atomic E-state index is 13.3. The molecule has 0 fully saturated rings. The van der Waals surface area contributed by atoms with Gasteiger partial charge in [0, 0.05) is 0 Å². The van der Waals surface area contributed by atoms with Crippen LogP contribution in [-0.4, -0.2) is 0 Å². The van der Waals surface area contributed by atoms with Crippen LogP contribution in [0.2, 0.25) is 0 Å². The van der Waals surface area contributed by atoms with Crippen molar-refractivity contribution in [3.63, 3.8) is 0 Å². The minimum Gasteiger partial charge on any atom is -0.207 e. The van der Waals surface area contributed by atoms with Crippen LogP contribution in [0.1, 0.15) is 0 Å². The van der Waals surface area contributed by atoms with Crippen molar-refractivity contribution in [2.24, 2.45) is 0 Å². The maximum Gasteiger partial charge on any atom is 0.123 e. The van der Waals surface area contributed by atoms with E-state index in [0.717, 1.165) is 33.0 Å². The van der Waals surface area contributed by atoms with Gasteiger partial charge < -0.3 is 0 Å². The van der Waals surface area contributed by atoms with Gasteiger partial charge in [0.15, 0.2) is 0 Å². The molecule has 0 N–H and O–H groups in total. The van der Waals surface area contributed by atoms with Crippen LogP contribution >= 0.6 is 0 Å². The van der Waals surface area contributed by atoms with Crippen LogP contribution in [0.15, 0.2) is 84.9 Å². The number of rotatable bonds is 2. The van der Waals surface area contributed by atoms with E-state index in [0.29, 0.717) is 0 Å². The summed E-state index contributed by atoms with van der Waals surface area (Å²) in [6.45, 7) is 0. The summed E-state index contributed by atoms with van der Waals surface area (Å²) in [4.78, 5) is 0. The molecule has 2 heteroatoms. The van der Waals surface area contributed by atoms with Gasteiger partial charge in [-0.25, -0.2) is 8.78 Å². The van der Waals surface area contributed by atoms with Crippen molar-refractivity contribution < 1.29 is 8.78 Å². The summed E-state index contributed by atoms with van der Waals surface area (Å²) in [6.07, 6.45) is 0. The van der Waals surface area contributed by atoms with E-state index in [-0.39, 0.29) is 11.6 Å². The molecular formula is C22H14F2. The number of halogens is 2. The molecule has 0 bridgehead atoms. The van der Waals surface area contributed by atoms with Crippen LogP contribution in [0.25, 0.3) is 33.0 Å². The topological polar surface area (TPSA) is 0 Å². The third-order valence-corrected chi connectivity index (χ3v) is 4.22. The van der Waals surface area contributed by atoms with E-state index in [1.807, 2.05) is 24.3 Å². The van der Waals surface area contributed by atoms with Crippen molar-refractivity contribution in [1.29, 1.82) is 0 Å². The van der Waals surface area contributed by atoms with E-state index < -0.39 is 0 Å². The lowest BCUT2D eigenvalue weighted by Gasteiger charge is -2.12. The zero-order valence-corrected chi connectivity index (χ0v) is 12.8. The molecular weight excluding hydrogens is 302 g/mol. The summed E-state index contributed by atoms with van der Waals surface area (Å²) >= 11 is 0. The van der Waals surface area contributed by atoms with Gasteiger partial charge in [0.25, 0.3) is 0 Å². The average molecular weight is 316 g/mol. The first-order valence-corrected chi connectivity index (χ1v) is 7.76. The zero-order valence-electron chi connectivity index (χ0n) is 12.8. The van der Waals surface area contributed by atoms with Gasteiger partial charge in [-0.15, -0.1) is 0 Å². The number of hydrogen-bond donors (Lipinski definition) is 0. The van der Waals surface area contributed by atoms with E-state index in [1.54, 1.807) is 24.3 Å². The fraction of sp³-hybridized carbons (Fsp3) is 0. The van der Waals surface area contributed by atoms with Crippen LogP contribution in [-0.2, 0) is 0 Å². The predicted octanol–water partition coefficient (Wildman–Crippen LogP) is 6.45. The van der Waals surface area contributed by atoms with Crippen LogP contribution in [0.4, 0.5) is 8.78 Å². The molecule has 116 valence electrons. The molecule has 0 atom stereocenters. The van der Waals surface area contributed by atoms with Crippen molar-refractivity contribution in [1.82, 2.24) is 0 Å². The first-order valence-electron chi connectivity index (χ1n) is 7.76. The maximum absolute atomic E-state index is 13.3. The van der Waals surface area contributed by atoms with Gasteiger partial charge in [0.05, 0.1) is 0 Å². The molecule has 0 aliphatic heterocycles.